The van der Waals surface area contributed by atoms with Gasteiger partial charge in [0.15, 0.2) is 0 Å². The van der Waals surface area contributed by atoms with E-state index in [1.807, 2.05) is 12.1 Å². The first-order valence-corrected chi connectivity index (χ1v) is 6.78. The van der Waals surface area contributed by atoms with Crippen LogP contribution in [0.15, 0.2) is 46.9 Å². The van der Waals surface area contributed by atoms with E-state index < -0.39 is 0 Å². The maximum Gasteiger partial charge on any atom is 0.0838 e. The molecule has 0 saturated heterocycles. The predicted octanol–water partition coefficient (Wildman–Crippen LogP) is 5.39. The molecule has 1 atom stereocenters. The van der Waals surface area contributed by atoms with E-state index in [-0.39, 0.29) is 5.38 Å². The maximum absolute atomic E-state index is 6.55. The van der Waals surface area contributed by atoms with Gasteiger partial charge in [-0.2, -0.15) is 0 Å². The summed E-state index contributed by atoms with van der Waals surface area (Å²) in [6, 6.07) is 14.4. The van der Waals surface area contributed by atoms with Crippen LogP contribution in [0.5, 0.6) is 0 Å². The molecule has 0 N–H and O–H groups in total. The SMILES string of the molecule is Cc1cccc(C(Cl)c2ccc(Br)cc2)c1C. The zero-order chi connectivity index (χ0) is 12.4. The molecule has 0 aliphatic heterocycles. The Kier molecular flexibility index (Phi) is 3.90. The summed E-state index contributed by atoms with van der Waals surface area (Å²) < 4.78 is 1.08. The van der Waals surface area contributed by atoms with Crippen molar-refractivity contribution >= 4 is 27.5 Å². The number of halogens is 2. The van der Waals surface area contributed by atoms with Gasteiger partial charge in [-0.3, -0.25) is 0 Å². The second-order valence-corrected chi connectivity index (χ2v) is 5.56. The molecule has 0 nitrogen and oxygen atoms in total. The maximum atomic E-state index is 6.55. The summed E-state index contributed by atoms with van der Waals surface area (Å²) in [6.07, 6.45) is 0. The third kappa shape index (κ3) is 2.72. The van der Waals surface area contributed by atoms with E-state index in [1.165, 1.54) is 16.7 Å². The summed E-state index contributed by atoms with van der Waals surface area (Å²) in [5.74, 6) is 0. The van der Waals surface area contributed by atoms with Gasteiger partial charge < -0.3 is 0 Å². The molecule has 0 aliphatic rings. The highest BCUT2D eigenvalue weighted by atomic mass is 79.9. The molecule has 1 unspecified atom stereocenters. The fourth-order valence-electron chi connectivity index (χ4n) is 1.86. The molecule has 0 amide bonds. The van der Waals surface area contributed by atoms with Gasteiger partial charge in [0.2, 0.25) is 0 Å². The molecule has 0 bridgehead atoms. The largest absolute Gasteiger partial charge is 0.113 e. The van der Waals surface area contributed by atoms with E-state index in [1.54, 1.807) is 0 Å². The molecule has 2 aromatic carbocycles. The van der Waals surface area contributed by atoms with E-state index in [0.29, 0.717) is 0 Å². The Morgan fingerprint density at radius 2 is 1.65 bits per heavy atom. The monoisotopic (exact) mass is 308 g/mol. The van der Waals surface area contributed by atoms with Gasteiger partial charge in [0, 0.05) is 4.47 Å². The van der Waals surface area contributed by atoms with E-state index in [9.17, 15) is 0 Å². The Bertz CT molecular complexity index is 517. The number of aryl methyl sites for hydroxylation is 1. The topological polar surface area (TPSA) is 0 Å². The quantitative estimate of drug-likeness (QED) is 0.652. The van der Waals surface area contributed by atoms with Crippen LogP contribution < -0.4 is 0 Å². The number of rotatable bonds is 2. The van der Waals surface area contributed by atoms with Crippen LogP contribution >= 0.6 is 27.5 Å². The van der Waals surface area contributed by atoms with E-state index in [2.05, 4.69) is 60.1 Å². The van der Waals surface area contributed by atoms with Crippen LogP contribution in [0.25, 0.3) is 0 Å². The van der Waals surface area contributed by atoms with Crippen molar-refractivity contribution in [3.63, 3.8) is 0 Å². The van der Waals surface area contributed by atoms with Crippen LogP contribution in [-0.2, 0) is 0 Å². The molecule has 0 heterocycles. The molecule has 0 saturated carbocycles. The van der Waals surface area contributed by atoms with E-state index >= 15 is 0 Å². The highest BCUT2D eigenvalue weighted by Crippen LogP contribution is 2.32. The molecule has 2 heteroatoms. The van der Waals surface area contributed by atoms with Crippen LogP contribution in [0.4, 0.5) is 0 Å². The van der Waals surface area contributed by atoms with Gasteiger partial charge in [-0.05, 0) is 48.2 Å². The molecule has 0 aliphatic carbocycles. The first kappa shape index (κ1) is 12.7. The van der Waals surface area contributed by atoms with Crippen molar-refractivity contribution in [2.24, 2.45) is 0 Å². The van der Waals surface area contributed by atoms with Crippen molar-refractivity contribution in [1.82, 2.24) is 0 Å². The minimum absolute atomic E-state index is 0.0806. The smallest absolute Gasteiger partial charge is 0.0838 e. The van der Waals surface area contributed by atoms with Gasteiger partial charge >= 0.3 is 0 Å². The van der Waals surface area contributed by atoms with Crippen molar-refractivity contribution in [2.75, 3.05) is 0 Å². The Labute approximate surface area is 116 Å². The lowest BCUT2D eigenvalue weighted by molar-refractivity contribution is 1.10. The average Bonchev–Trinajstić information content (AvgIpc) is 2.33. The first-order chi connectivity index (χ1) is 8.09. The molecule has 17 heavy (non-hydrogen) atoms. The fraction of sp³-hybridized carbons (Fsp3) is 0.200. The molecule has 0 aromatic heterocycles. The predicted molar refractivity (Wildman–Crippen MR) is 77.8 cm³/mol. The molecule has 2 rings (SSSR count). The van der Waals surface area contributed by atoms with Crippen molar-refractivity contribution < 1.29 is 0 Å². The van der Waals surface area contributed by atoms with E-state index in [0.717, 1.165) is 10.0 Å². The minimum atomic E-state index is -0.0806. The van der Waals surface area contributed by atoms with Crippen LogP contribution in [-0.4, -0.2) is 0 Å². The molecular formula is C15H14BrCl. The fourth-order valence-corrected chi connectivity index (χ4v) is 2.51. The lowest BCUT2D eigenvalue weighted by Gasteiger charge is -2.15. The van der Waals surface area contributed by atoms with Gasteiger partial charge in [0.25, 0.3) is 0 Å². The summed E-state index contributed by atoms with van der Waals surface area (Å²) in [4.78, 5) is 0. The number of hydrogen-bond donors (Lipinski definition) is 0. The van der Waals surface area contributed by atoms with Crippen molar-refractivity contribution in [2.45, 2.75) is 19.2 Å². The highest BCUT2D eigenvalue weighted by Gasteiger charge is 2.13. The van der Waals surface area contributed by atoms with Crippen molar-refractivity contribution in [3.8, 4) is 0 Å². The second kappa shape index (κ2) is 5.24. The van der Waals surface area contributed by atoms with Crippen LogP contribution in [0.2, 0.25) is 0 Å². The highest BCUT2D eigenvalue weighted by molar-refractivity contribution is 9.10. The van der Waals surface area contributed by atoms with Crippen molar-refractivity contribution in [1.29, 1.82) is 0 Å². The number of alkyl halides is 1. The molecule has 0 spiro atoms. The van der Waals surface area contributed by atoms with Gasteiger partial charge in [-0.1, -0.05) is 46.3 Å². The lowest BCUT2D eigenvalue weighted by Crippen LogP contribution is -1.97. The Balaban J connectivity index is 2.40. The average molecular weight is 310 g/mol. The van der Waals surface area contributed by atoms with Gasteiger partial charge in [0.05, 0.1) is 5.38 Å². The zero-order valence-corrected chi connectivity index (χ0v) is 12.2. The normalized spacial score (nSPS) is 12.5. The molecule has 0 fully saturated rings. The van der Waals surface area contributed by atoms with E-state index in [4.69, 9.17) is 11.6 Å². The van der Waals surface area contributed by atoms with Crippen molar-refractivity contribution in [3.05, 3.63) is 69.2 Å². The first-order valence-electron chi connectivity index (χ1n) is 5.55. The zero-order valence-electron chi connectivity index (χ0n) is 9.87. The summed E-state index contributed by atoms with van der Waals surface area (Å²) in [6.45, 7) is 4.24. The van der Waals surface area contributed by atoms with Crippen LogP contribution in [0.1, 0.15) is 27.6 Å². The Hall–Kier alpha value is -0.790. The third-order valence-corrected chi connectivity index (χ3v) is 4.10. The molecule has 88 valence electrons. The van der Waals surface area contributed by atoms with Crippen LogP contribution in [0.3, 0.4) is 0 Å². The molecule has 0 radical (unpaired) electrons. The van der Waals surface area contributed by atoms with Gasteiger partial charge in [-0.25, -0.2) is 0 Å². The number of hydrogen-bond acceptors (Lipinski definition) is 0. The minimum Gasteiger partial charge on any atom is -0.113 e. The molecular weight excluding hydrogens is 296 g/mol. The number of benzene rings is 2. The van der Waals surface area contributed by atoms with Crippen LogP contribution in [0, 0.1) is 13.8 Å². The standard InChI is InChI=1S/C15H14BrCl/c1-10-4-3-5-14(11(10)2)15(17)12-6-8-13(16)9-7-12/h3-9,15H,1-2H3. The Morgan fingerprint density at radius 3 is 2.29 bits per heavy atom. The summed E-state index contributed by atoms with van der Waals surface area (Å²) >= 11 is 9.98. The Morgan fingerprint density at radius 1 is 1.00 bits per heavy atom. The lowest BCUT2D eigenvalue weighted by atomic mass is 9.97. The molecule has 2 aromatic rings. The second-order valence-electron chi connectivity index (χ2n) is 4.20. The summed E-state index contributed by atoms with van der Waals surface area (Å²) in [7, 11) is 0. The van der Waals surface area contributed by atoms with Gasteiger partial charge in [0.1, 0.15) is 0 Å². The van der Waals surface area contributed by atoms with Gasteiger partial charge in [-0.15, -0.1) is 11.6 Å². The third-order valence-electron chi connectivity index (χ3n) is 3.08. The summed E-state index contributed by atoms with van der Waals surface area (Å²) in [5.41, 5.74) is 4.87. The summed E-state index contributed by atoms with van der Waals surface area (Å²) in [5, 5.41) is -0.0806.